The van der Waals surface area contributed by atoms with Gasteiger partial charge in [0.05, 0.1) is 14.2 Å². The largest absolute Gasteiger partial charge is 0.493 e. The Hall–Kier alpha value is -1.26. The Bertz CT molecular complexity index is 378. The molecule has 0 aliphatic rings. The smallest absolute Gasteiger partial charge is 0.161 e. The van der Waals surface area contributed by atoms with Gasteiger partial charge in [-0.05, 0) is 44.3 Å². The maximum Gasteiger partial charge on any atom is 0.161 e. The van der Waals surface area contributed by atoms with Gasteiger partial charge in [-0.1, -0.05) is 0 Å². The molecule has 0 aliphatic carbocycles. The van der Waals surface area contributed by atoms with Gasteiger partial charge in [0.2, 0.25) is 0 Å². The number of aryl methyl sites for hydroxylation is 1. The molecule has 17 heavy (non-hydrogen) atoms. The normalized spacial score (nSPS) is 12.6. The van der Waals surface area contributed by atoms with Crippen molar-refractivity contribution in [2.24, 2.45) is 5.73 Å². The van der Waals surface area contributed by atoms with E-state index in [2.05, 4.69) is 11.8 Å². The van der Waals surface area contributed by atoms with E-state index in [4.69, 9.17) is 15.2 Å². The second-order valence-corrected chi connectivity index (χ2v) is 4.28. The van der Waals surface area contributed by atoms with Crippen LogP contribution in [0.15, 0.2) is 12.1 Å². The maximum absolute atomic E-state index is 5.82. The first kappa shape index (κ1) is 13.8. The van der Waals surface area contributed by atoms with Crippen LogP contribution < -0.4 is 15.2 Å². The lowest BCUT2D eigenvalue weighted by atomic mass is 9.99. The molecule has 0 aromatic heterocycles. The van der Waals surface area contributed by atoms with Crippen LogP contribution in [0.4, 0.5) is 0 Å². The van der Waals surface area contributed by atoms with Crippen LogP contribution in [0.3, 0.4) is 0 Å². The molecule has 0 fully saturated rings. The van der Waals surface area contributed by atoms with Crippen molar-refractivity contribution in [3.05, 3.63) is 23.3 Å². The molecule has 1 atom stereocenters. The van der Waals surface area contributed by atoms with Crippen molar-refractivity contribution in [1.82, 2.24) is 4.90 Å². The highest BCUT2D eigenvalue weighted by molar-refractivity contribution is 5.48. The van der Waals surface area contributed by atoms with Gasteiger partial charge in [-0.15, -0.1) is 0 Å². The molecule has 2 N–H and O–H groups in total. The first-order chi connectivity index (χ1) is 8.04. The van der Waals surface area contributed by atoms with Gasteiger partial charge in [-0.2, -0.15) is 0 Å². The van der Waals surface area contributed by atoms with Gasteiger partial charge < -0.3 is 20.1 Å². The Morgan fingerprint density at radius 1 is 1.18 bits per heavy atom. The van der Waals surface area contributed by atoms with E-state index in [0.717, 1.165) is 17.1 Å². The third-order valence-corrected chi connectivity index (χ3v) is 2.98. The summed E-state index contributed by atoms with van der Waals surface area (Å²) in [7, 11) is 7.33. The monoisotopic (exact) mass is 238 g/mol. The zero-order valence-corrected chi connectivity index (χ0v) is 11.3. The number of nitrogens with zero attached hydrogens (tertiary/aromatic N) is 1. The summed E-state index contributed by atoms with van der Waals surface area (Å²) in [4.78, 5) is 2.11. The SMILES string of the molecule is COc1cc(C)c(C(CN)N(C)C)cc1OC. The summed E-state index contributed by atoms with van der Waals surface area (Å²) in [6.45, 7) is 2.63. The van der Waals surface area contributed by atoms with Gasteiger partial charge in [0.25, 0.3) is 0 Å². The molecule has 0 amide bonds. The summed E-state index contributed by atoms with van der Waals surface area (Å²) in [5.41, 5.74) is 8.16. The summed E-state index contributed by atoms with van der Waals surface area (Å²) in [5.74, 6) is 1.50. The zero-order valence-electron chi connectivity index (χ0n) is 11.3. The Labute approximate surface area is 103 Å². The molecule has 96 valence electrons. The molecule has 4 nitrogen and oxygen atoms in total. The van der Waals surface area contributed by atoms with Gasteiger partial charge >= 0.3 is 0 Å². The van der Waals surface area contributed by atoms with Crippen molar-refractivity contribution < 1.29 is 9.47 Å². The van der Waals surface area contributed by atoms with Crippen LogP contribution in [-0.4, -0.2) is 39.8 Å². The molecular weight excluding hydrogens is 216 g/mol. The highest BCUT2D eigenvalue weighted by atomic mass is 16.5. The van der Waals surface area contributed by atoms with E-state index in [-0.39, 0.29) is 6.04 Å². The van der Waals surface area contributed by atoms with Crippen molar-refractivity contribution in [3.8, 4) is 11.5 Å². The number of rotatable bonds is 5. The molecule has 0 aliphatic heterocycles. The number of ether oxygens (including phenoxy) is 2. The van der Waals surface area contributed by atoms with Crippen LogP contribution in [0.2, 0.25) is 0 Å². The Morgan fingerprint density at radius 3 is 2.12 bits per heavy atom. The number of methoxy groups -OCH3 is 2. The fourth-order valence-corrected chi connectivity index (χ4v) is 1.97. The third kappa shape index (κ3) is 2.90. The Morgan fingerprint density at radius 2 is 1.71 bits per heavy atom. The Balaban J connectivity index is 3.24. The summed E-state index contributed by atoms with van der Waals surface area (Å²) in [6.07, 6.45) is 0. The summed E-state index contributed by atoms with van der Waals surface area (Å²) in [5, 5.41) is 0. The molecular formula is C13H22N2O2. The molecule has 0 radical (unpaired) electrons. The van der Waals surface area contributed by atoms with Crippen LogP contribution >= 0.6 is 0 Å². The molecule has 4 heteroatoms. The van der Waals surface area contributed by atoms with Crippen molar-refractivity contribution in [2.75, 3.05) is 34.9 Å². The van der Waals surface area contributed by atoms with Crippen LogP contribution in [0, 0.1) is 6.92 Å². The van der Waals surface area contributed by atoms with Crippen molar-refractivity contribution in [3.63, 3.8) is 0 Å². The molecule has 0 bridgehead atoms. The summed E-state index contributed by atoms with van der Waals surface area (Å²) >= 11 is 0. The van der Waals surface area contributed by atoms with Crippen LogP contribution in [0.5, 0.6) is 11.5 Å². The predicted molar refractivity (Wildman–Crippen MR) is 69.8 cm³/mol. The van der Waals surface area contributed by atoms with Crippen LogP contribution in [-0.2, 0) is 0 Å². The fourth-order valence-electron chi connectivity index (χ4n) is 1.97. The predicted octanol–water partition coefficient (Wildman–Crippen LogP) is 1.57. The minimum absolute atomic E-state index is 0.190. The van der Waals surface area contributed by atoms with Crippen LogP contribution in [0.1, 0.15) is 17.2 Å². The van der Waals surface area contributed by atoms with Gasteiger partial charge in [-0.25, -0.2) is 0 Å². The van der Waals surface area contributed by atoms with E-state index in [9.17, 15) is 0 Å². The van der Waals surface area contributed by atoms with Crippen molar-refractivity contribution >= 4 is 0 Å². The van der Waals surface area contributed by atoms with E-state index >= 15 is 0 Å². The van der Waals surface area contributed by atoms with Gasteiger partial charge in [0.1, 0.15) is 0 Å². The van der Waals surface area contributed by atoms with Crippen molar-refractivity contribution in [1.29, 1.82) is 0 Å². The minimum atomic E-state index is 0.190. The van der Waals surface area contributed by atoms with Gasteiger partial charge in [0, 0.05) is 12.6 Å². The standard InChI is InChI=1S/C13H22N2O2/c1-9-6-12(16-4)13(17-5)7-10(9)11(8-14)15(2)3/h6-7,11H,8,14H2,1-5H3. The lowest BCUT2D eigenvalue weighted by molar-refractivity contribution is 0.302. The number of likely N-dealkylation sites (N-methyl/N-ethyl adjacent to an activating group) is 1. The summed E-state index contributed by atoms with van der Waals surface area (Å²) in [6, 6.07) is 4.18. The molecule has 1 rings (SSSR count). The molecule has 0 spiro atoms. The third-order valence-electron chi connectivity index (χ3n) is 2.98. The highest BCUT2D eigenvalue weighted by Crippen LogP contribution is 2.33. The number of hydrogen-bond acceptors (Lipinski definition) is 4. The molecule has 1 unspecified atom stereocenters. The lowest BCUT2D eigenvalue weighted by Gasteiger charge is -2.25. The minimum Gasteiger partial charge on any atom is -0.493 e. The molecule has 1 aromatic rings. The zero-order chi connectivity index (χ0) is 13.0. The second-order valence-electron chi connectivity index (χ2n) is 4.28. The highest BCUT2D eigenvalue weighted by Gasteiger charge is 2.17. The average Bonchev–Trinajstić information content (AvgIpc) is 2.31. The first-order valence-electron chi connectivity index (χ1n) is 5.64. The van der Waals surface area contributed by atoms with E-state index in [0.29, 0.717) is 6.54 Å². The average molecular weight is 238 g/mol. The lowest BCUT2D eigenvalue weighted by Crippen LogP contribution is -2.27. The number of nitrogens with two attached hydrogens (primary N) is 1. The molecule has 0 saturated carbocycles. The van der Waals surface area contributed by atoms with Gasteiger partial charge in [0.15, 0.2) is 11.5 Å². The van der Waals surface area contributed by atoms with E-state index in [1.807, 2.05) is 26.2 Å². The maximum atomic E-state index is 5.82. The first-order valence-corrected chi connectivity index (χ1v) is 5.64. The number of benzene rings is 1. The van der Waals surface area contributed by atoms with E-state index in [1.165, 1.54) is 5.56 Å². The quantitative estimate of drug-likeness (QED) is 0.846. The fraction of sp³-hybridized carbons (Fsp3) is 0.538. The summed E-state index contributed by atoms with van der Waals surface area (Å²) < 4.78 is 10.6. The number of hydrogen-bond donors (Lipinski definition) is 1. The second kappa shape index (κ2) is 5.89. The molecule has 1 aromatic carbocycles. The Kier molecular flexibility index (Phi) is 4.78. The topological polar surface area (TPSA) is 47.7 Å². The van der Waals surface area contributed by atoms with E-state index in [1.54, 1.807) is 14.2 Å². The van der Waals surface area contributed by atoms with Crippen LogP contribution in [0.25, 0.3) is 0 Å². The van der Waals surface area contributed by atoms with Gasteiger partial charge in [-0.3, -0.25) is 0 Å². The molecule has 0 saturated heterocycles. The molecule has 0 heterocycles. The van der Waals surface area contributed by atoms with Crippen molar-refractivity contribution in [2.45, 2.75) is 13.0 Å². The van der Waals surface area contributed by atoms with E-state index < -0.39 is 0 Å².